The lowest BCUT2D eigenvalue weighted by Gasteiger charge is -2.27. The van der Waals surface area contributed by atoms with Crippen LogP contribution in [-0.4, -0.2) is 29.3 Å². The number of nitrogens with one attached hydrogen (secondary N) is 1. The first-order valence-electron chi connectivity index (χ1n) is 3.74. The highest BCUT2D eigenvalue weighted by Gasteiger charge is 2.29. The van der Waals surface area contributed by atoms with Gasteiger partial charge in [0.1, 0.15) is 0 Å². The molecule has 2 atom stereocenters. The average Bonchev–Trinajstić information content (AvgIpc) is 2.04. The first kappa shape index (κ1) is 8.87. The van der Waals surface area contributed by atoms with Crippen molar-refractivity contribution >= 4 is 17.7 Å². The smallest absolute Gasteiger partial charge is 0.308 e. The van der Waals surface area contributed by atoms with Gasteiger partial charge < -0.3 is 10.4 Å². The van der Waals surface area contributed by atoms with Crippen molar-refractivity contribution in [2.24, 2.45) is 5.92 Å². The number of carboxylic acids is 1. The van der Waals surface area contributed by atoms with Crippen molar-refractivity contribution in [3.8, 4) is 0 Å². The zero-order valence-electron chi connectivity index (χ0n) is 6.54. The Balaban J connectivity index is 2.51. The van der Waals surface area contributed by atoms with Crippen LogP contribution in [0.25, 0.3) is 0 Å². The summed E-state index contributed by atoms with van der Waals surface area (Å²) in [7, 11) is 0. The molecule has 0 aromatic heterocycles. The predicted octanol–water partition coefficient (Wildman–Crippen LogP) is 0.760. The molecule has 1 aliphatic heterocycles. The Morgan fingerprint density at radius 3 is 2.91 bits per heavy atom. The summed E-state index contributed by atoms with van der Waals surface area (Å²) in [4.78, 5) is 10.7. The van der Waals surface area contributed by atoms with Crippen molar-refractivity contribution in [2.75, 3.05) is 12.8 Å². The van der Waals surface area contributed by atoms with Crippen LogP contribution in [0.2, 0.25) is 0 Å². The largest absolute Gasteiger partial charge is 0.481 e. The Hall–Kier alpha value is -0.220. The molecule has 1 rings (SSSR count). The van der Waals surface area contributed by atoms with E-state index in [0.717, 1.165) is 19.4 Å². The lowest BCUT2D eigenvalue weighted by Crippen LogP contribution is -2.42. The highest BCUT2D eigenvalue weighted by atomic mass is 32.2. The molecular formula is C7H13NO2S. The third-order valence-corrected chi connectivity index (χ3v) is 2.98. The molecule has 0 spiro atoms. The van der Waals surface area contributed by atoms with Gasteiger partial charge in [-0.3, -0.25) is 4.79 Å². The zero-order valence-corrected chi connectivity index (χ0v) is 7.36. The van der Waals surface area contributed by atoms with Crippen LogP contribution in [0.3, 0.4) is 0 Å². The van der Waals surface area contributed by atoms with Crippen LogP contribution < -0.4 is 5.32 Å². The van der Waals surface area contributed by atoms with Gasteiger partial charge in [0.15, 0.2) is 0 Å². The molecule has 2 N–H and O–H groups in total. The summed E-state index contributed by atoms with van der Waals surface area (Å²) in [6.07, 6.45) is 3.74. The van der Waals surface area contributed by atoms with E-state index in [9.17, 15) is 4.79 Å². The van der Waals surface area contributed by atoms with Crippen LogP contribution >= 0.6 is 11.8 Å². The highest BCUT2D eigenvalue weighted by Crippen LogP contribution is 2.23. The van der Waals surface area contributed by atoms with Gasteiger partial charge in [-0.15, -0.1) is 11.8 Å². The van der Waals surface area contributed by atoms with Crippen LogP contribution in [0.1, 0.15) is 12.8 Å². The lowest BCUT2D eigenvalue weighted by atomic mass is 10.00. The van der Waals surface area contributed by atoms with Crippen molar-refractivity contribution in [1.29, 1.82) is 0 Å². The molecule has 0 amide bonds. The number of hydrogen-bond acceptors (Lipinski definition) is 3. The van der Waals surface area contributed by atoms with E-state index in [1.807, 2.05) is 6.26 Å². The average molecular weight is 175 g/mol. The molecule has 1 saturated heterocycles. The number of aliphatic carboxylic acids is 1. The van der Waals surface area contributed by atoms with E-state index < -0.39 is 5.97 Å². The summed E-state index contributed by atoms with van der Waals surface area (Å²) < 4.78 is 0. The number of carboxylic acid groups (broad SMARTS) is 1. The first-order valence-corrected chi connectivity index (χ1v) is 5.03. The Labute approximate surface area is 70.6 Å². The number of hydrogen-bond donors (Lipinski definition) is 2. The van der Waals surface area contributed by atoms with Gasteiger partial charge in [-0.25, -0.2) is 0 Å². The number of carbonyl (C=O) groups is 1. The maximum atomic E-state index is 10.7. The van der Waals surface area contributed by atoms with Crippen molar-refractivity contribution < 1.29 is 9.90 Å². The molecule has 2 unspecified atom stereocenters. The monoisotopic (exact) mass is 175 g/mol. The maximum absolute atomic E-state index is 10.7. The van der Waals surface area contributed by atoms with Crippen molar-refractivity contribution in [3.63, 3.8) is 0 Å². The van der Waals surface area contributed by atoms with E-state index in [0.29, 0.717) is 0 Å². The summed E-state index contributed by atoms with van der Waals surface area (Å²) in [6, 6.07) is 0. The highest BCUT2D eigenvalue weighted by molar-refractivity contribution is 7.99. The van der Waals surface area contributed by atoms with E-state index in [2.05, 4.69) is 5.32 Å². The van der Waals surface area contributed by atoms with Crippen LogP contribution in [-0.2, 0) is 4.79 Å². The summed E-state index contributed by atoms with van der Waals surface area (Å²) in [5, 5.41) is 12.1. The first-order chi connectivity index (χ1) is 5.25. The molecular weight excluding hydrogens is 162 g/mol. The SMILES string of the molecule is CSC1NCCCC1C(=O)O. The minimum atomic E-state index is -0.670. The molecule has 0 radical (unpaired) electrons. The number of thioether (sulfide) groups is 1. The topological polar surface area (TPSA) is 49.3 Å². The summed E-state index contributed by atoms with van der Waals surface area (Å²) >= 11 is 1.59. The Morgan fingerprint density at radius 1 is 1.73 bits per heavy atom. The van der Waals surface area contributed by atoms with Gasteiger partial charge in [0.05, 0.1) is 11.3 Å². The molecule has 64 valence electrons. The molecule has 3 nitrogen and oxygen atoms in total. The molecule has 1 aliphatic rings. The third kappa shape index (κ3) is 2.10. The predicted molar refractivity (Wildman–Crippen MR) is 45.7 cm³/mol. The van der Waals surface area contributed by atoms with E-state index in [4.69, 9.17) is 5.11 Å². The van der Waals surface area contributed by atoms with Gasteiger partial charge in [-0.2, -0.15) is 0 Å². The van der Waals surface area contributed by atoms with E-state index in [1.54, 1.807) is 11.8 Å². The van der Waals surface area contributed by atoms with E-state index >= 15 is 0 Å². The molecule has 0 aliphatic carbocycles. The number of piperidine rings is 1. The van der Waals surface area contributed by atoms with Gasteiger partial charge in [0.25, 0.3) is 0 Å². The molecule has 0 saturated carbocycles. The van der Waals surface area contributed by atoms with Crippen LogP contribution in [0.4, 0.5) is 0 Å². The zero-order chi connectivity index (χ0) is 8.27. The summed E-state index contributed by atoms with van der Waals surface area (Å²) in [5.74, 6) is -0.865. The molecule has 1 fully saturated rings. The fourth-order valence-electron chi connectivity index (χ4n) is 1.36. The fraction of sp³-hybridized carbons (Fsp3) is 0.857. The van der Waals surface area contributed by atoms with Crippen LogP contribution in [0.5, 0.6) is 0 Å². The number of rotatable bonds is 2. The Kier molecular flexibility index (Phi) is 3.20. The fourth-order valence-corrected chi connectivity index (χ4v) is 2.23. The molecule has 0 aromatic carbocycles. The van der Waals surface area contributed by atoms with Gasteiger partial charge >= 0.3 is 5.97 Å². The lowest BCUT2D eigenvalue weighted by molar-refractivity contribution is -0.142. The summed E-state index contributed by atoms with van der Waals surface area (Å²) in [6.45, 7) is 0.954. The van der Waals surface area contributed by atoms with Gasteiger partial charge in [0, 0.05) is 0 Å². The molecule has 4 heteroatoms. The van der Waals surface area contributed by atoms with E-state index in [1.165, 1.54) is 0 Å². The van der Waals surface area contributed by atoms with Gasteiger partial charge in [0.2, 0.25) is 0 Å². The van der Waals surface area contributed by atoms with E-state index in [-0.39, 0.29) is 11.3 Å². The van der Waals surface area contributed by atoms with Crippen molar-refractivity contribution in [1.82, 2.24) is 5.32 Å². The minimum Gasteiger partial charge on any atom is -0.481 e. The van der Waals surface area contributed by atoms with Gasteiger partial charge in [-0.05, 0) is 25.6 Å². The van der Waals surface area contributed by atoms with Gasteiger partial charge in [-0.1, -0.05) is 0 Å². The van der Waals surface area contributed by atoms with Crippen molar-refractivity contribution in [3.05, 3.63) is 0 Å². The normalized spacial score (nSPS) is 31.7. The van der Waals surface area contributed by atoms with Crippen LogP contribution in [0, 0.1) is 5.92 Å². The second-order valence-corrected chi connectivity index (χ2v) is 3.68. The molecule has 11 heavy (non-hydrogen) atoms. The second-order valence-electron chi connectivity index (χ2n) is 2.70. The van der Waals surface area contributed by atoms with Crippen LogP contribution in [0.15, 0.2) is 0 Å². The quantitative estimate of drug-likeness (QED) is 0.650. The minimum absolute atomic E-state index is 0.112. The molecule has 1 heterocycles. The maximum Gasteiger partial charge on any atom is 0.308 e. The Bertz CT molecular complexity index is 151. The standard InChI is InChI=1S/C7H13NO2S/c1-11-6-5(7(9)10)3-2-4-8-6/h5-6,8H,2-4H2,1H3,(H,9,10). The Morgan fingerprint density at radius 2 is 2.45 bits per heavy atom. The molecule has 0 bridgehead atoms. The molecule has 0 aromatic rings. The second kappa shape index (κ2) is 3.97. The van der Waals surface area contributed by atoms with Crippen molar-refractivity contribution in [2.45, 2.75) is 18.2 Å². The third-order valence-electron chi connectivity index (χ3n) is 1.97. The summed E-state index contributed by atoms with van der Waals surface area (Å²) in [5.41, 5.74) is 0.